The number of hydrogen-bond acceptors (Lipinski definition) is 5. The molecule has 2 heterocycles. The monoisotopic (exact) mass is 497 g/mol. The third-order valence-electron chi connectivity index (χ3n) is 5.78. The molecule has 0 aliphatic carbocycles. The van der Waals surface area contributed by atoms with Crippen LogP contribution < -0.4 is 4.74 Å². The van der Waals surface area contributed by atoms with Gasteiger partial charge in [-0.1, -0.05) is 72.5 Å². The summed E-state index contributed by atoms with van der Waals surface area (Å²) in [5.74, 6) is 0.729. The van der Waals surface area contributed by atoms with Gasteiger partial charge in [-0.25, -0.2) is 4.68 Å². The second-order valence-corrected chi connectivity index (χ2v) is 9.83. The Bertz CT molecular complexity index is 1430. The molecule has 4 aromatic rings. The maximum Gasteiger partial charge on any atom is 0.266 e. The normalized spacial score (nSPS) is 14.7. The van der Waals surface area contributed by atoms with Crippen LogP contribution in [-0.2, 0) is 11.3 Å². The molecule has 5 rings (SSSR count). The molecule has 0 radical (unpaired) electrons. The van der Waals surface area contributed by atoms with Crippen LogP contribution in [0.4, 0.5) is 0 Å². The summed E-state index contributed by atoms with van der Waals surface area (Å²) in [5, 5.41) is 4.88. The van der Waals surface area contributed by atoms with E-state index in [0.717, 1.165) is 39.4 Å². The first-order valence-corrected chi connectivity index (χ1v) is 12.4. The number of aromatic nitrogens is 2. The van der Waals surface area contributed by atoms with Crippen LogP contribution in [0.5, 0.6) is 5.75 Å². The van der Waals surface area contributed by atoms with Gasteiger partial charge in [0.1, 0.15) is 15.8 Å². The summed E-state index contributed by atoms with van der Waals surface area (Å²) in [6.07, 6.45) is 3.85. The molecule has 0 bridgehead atoms. The summed E-state index contributed by atoms with van der Waals surface area (Å²) in [7, 11) is 1.66. The molecule has 174 valence electrons. The van der Waals surface area contributed by atoms with Gasteiger partial charge < -0.3 is 4.74 Å². The minimum Gasteiger partial charge on any atom is -0.496 e. The van der Waals surface area contributed by atoms with Gasteiger partial charge in [0, 0.05) is 17.3 Å². The molecular weight excluding hydrogens is 474 g/mol. The molecule has 0 unspecified atom stereocenters. The van der Waals surface area contributed by atoms with Crippen LogP contribution in [0.15, 0.2) is 90.0 Å². The zero-order valence-corrected chi connectivity index (χ0v) is 21.0. The van der Waals surface area contributed by atoms with Gasteiger partial charge in [-0.05, 0) is 54.5 Å². The van der Waals surface area contributed by atoms with E-state index in [1.54, 1.807) is 12.0 Å². The van der Waals surface area contributed by atoms with E-state index < -0.39 is 0 Å². The van der Waals surface area contributed by atoms with Gasteiger partial charge in [0.25, 0.3) is 5.91 Å². The predicted molar refractivity (Wildman–Crippen MR) is 145 cm³/mol. The van der Waals surface area contributed by atoms with Crippen LogP contribution in [0.3, 0.4) is 0 Å². The average Bonchev–Trinajstić information content (AvgIpc) is 3.42. The van der Waals surface area contributed by atoms with Crippen LogP contribution in [0, 0.1) is 6.92 Å². The number of rotatable bonds is 6. The Balaban J connectivity index is 1.54. The molecule has 1 aliphatic rings. The first kappa shape index (κ1) is 23.1. The maximum atomic E-state index is 13.3. The van der Waals surface area contributed by atoms with Crippen LogP contribution in [0.2, 0.25) is 0 Å². The number of hydrogen-bond donors (Lipinski definition) is 0. The van der Waals surface area contributed by atoms with Crippen molar-refractivity contribution in [2.24, 2.45) is 0 Å². The highest BCUT2D eigenvalue weighted by atomic mass is 32.2. The number of carbonyl (C=O) groups excluding carboxylic acids is 1. The molecule has 0 saturated carbocycles. The van der Waals surface area contributed by atoms with Crippen LogP contribution in [-0.4, -0.2) is 32.0 Å². The van der Waals surface area contributed by atoms with Crippen molar-refractivity contribution in [3.05, 3.63) is 107 Å². The molecule has 1 amide bonds. The Morgan fingerprint density at radius 2 is 1.74 bits per heavy atom. The third-order valence-corrected chi connectivity index (χ3v) is 7.15. The van der Waals surface area contributed by atoms with E-state index in [1.807, 2.05) is 96.7 Å². The molecule has 0 N–H and O–H groups in total. The largest absolute Gasteiger partial charge is 0.496 e. The first-order valence-electron chi connectivity index (χ1n) is 11.1. The van der Waals surface area contributed by atoms with Gasteiger partial charge in [-0.15, -0.1) is 0 Å². The quantitative estimate of drug-likeness (QED) is 0.233. The molecule has 1 aromatic heterocycles. The van der Waals surface area contributed by atoms with Crippen molar-refractivity contribution in [3.63, 3.8) is 0 Å². The van der Waals surface area contributed by atoms with Crippen molar-refractivity contribution in [1.29, 1.82) is 0 Å². The number of ether oxygens (including phenoxy) is 1. The fourth-order valence-electron chi connectivity index (χ4n) is 4.00. The van der Waals surface area contributed by atoms with E-state index in [1.165, 1.54) is 11.8 Å². The third kappa shape index (κ3) is 4.78. The number of aryl methyl sites for hydroxylation is 1. The molecule has 0 atom stereocenters. The smallest absolute Gasteiger partial charge is 0.266 e. The van der Waals surface area contributed by atoms with Crippen LogP contribution in [0.1, 0.15) is 16.7 Å². The SMILES string of the molecule is COc1ccc(-c2nn(-c3ccccc3)cc2C=C2SC(=S)N(Cc3ccccc3)C2=O)cc1C. The lowest BCUT2D eigenvalue weighted by atomic mass is 10.0. The zero-order valence-electron chi connectivity index (χ0n) is 19.3. The van der Waals surface area contributed by atoms with Crippen LogP contribution in [0.25, 0.3) is 23.0 Å². The Hall–Kier alpha value is -3.68. The van der Waals surface area contributed by atoms with Crippen molar-refractivity contribution in [3.8, 4) is 22.7 Å². The Kier molecular flexibility index (Phi) is 6.53. The van der Waals surface area contributed by atoms with E-state index >= 15 is 0 Å². The Morgan fingerprint density at radius 3 is 2.43 bits per heavy atom. The number of amides is 1. The van der Waals surface area contributed by atoms with E-state index in [9.17, 15) is 4.79 Å². The molecule has 5 nitrogen and oxygen atoms in total. The lowest BCUT2D eigenvalue weighted by Crippen LogP contribution is -2.27. The van der Waals surface area contributed by atoms with E-state index in [2.05, 4.69) is 6.07 Å². The minimum absolute atomic E-state index is 0.0897. The first-order chi connectivity index (χ1) is 17.0. The standard InChI is InChI=1S/C28H23N3O2S2/c1-19-15-21(13-14-24(19)33-2)26-22(18-31(29-26)23-11-7-4-8-12-23)16-25-27(32)30(28(34)35-25)17-20-9-5-3-6-10-20/h3-16,18H,17H2,1-2H3. The number of carbonyl (C=O) groups is 1. The molecule has 1 fully saturated rings. The number of methoxy groups -OCH3 is 1. The molecule has 3 aromatic carbocycles. The van der Waals surface area contributed by atoms with Gasteiger partial charge in [0.2, 0.25) is 0 Å². The van der Waals surface area contributed by atoms with Crippen molar-refractivity contribution < 1.29 is 9.53 Å². The average molecular weight is 498 g/mol. The second-order valence-electron chi connectivity index (χ2n) is 8.15. The summed E-state index contributed by atoms with van der Waals surface area (Å²) >= 11 is 6.88. The number of para-hydroxylation sites is 1. The van der Waals surface area contributed by atoms with Gasteiger partial charge in [0.05, 0.1) is 24.2 Å². The fourth-order valence-corrected chi connectivity index (χ4v) is 5.25. The van der Waals surface area contributed by atoms with Gasteiger partial charge in [0.15, 0.2) is 0 Å². The summed E-state index contributed by atoms with van der Waals surface area (Å²) in [4.78, 5) is 15.5. The Morgan fingerprint density at radius 1 is 1.03 bits per heavy atom. The van der Waals surface area contributed by atoms with Crippen molar-refractivity contribution in [2.45, 2.75) is 13.5 Å². The highest BCUT2D eigenvalue weighted by Crippen LogP contribution is 2.36. The molecule has 1 saturated heterocycles. The van der Waals surface area contributed by atoms with E-state index in [-0.39, 0.29) is 5.91 Å². The summed E-state index contributed by atoms with van der Waals surface area (Å²) < 4.78 is 7.83. The maximum absolute atomic E-state index is 13.3. The zero-order chi connectivity index (χ0) is 24.4. The lowest BCUT2D eigenvalue weighted by molar-refractivity contribution is -0.122. The van der Waals surface area contributed by atoms with E-state index in [0.29, 0.717) is 15.8 Å². The molecule has 7 heteroatoms. The summed E-state index contributed by atoms with van der Waals surface area (Å²) in [6, 6.07) is 25.8. The second kappa shape index (κ2) is 9.90. The molecule has 35 heavy (non-hydrogen) atoms. The lowest BCUT2D eigenvalue weighted by Gasteiger charge is -2.14. The van der Waals surface area contributed by atoms with Gasteiger partial charge in [-0.2, -0.15) is 5.10 Å². The highest BCUT2D eigenvalue weighted by Gasteiger charge is 2.32. The number of thiocarbonyl (C=S) groups is 1. The topological polar surface area (TPSA) is 47.4 Å². The highest BCUT2D eigenvalue weighted by molar-refractivity contribution is 8.26. The van der Waals surface area contributed by atoms with E-state index in [4.69, 9.17) is 22.1 Å². The molecule has 0 spiro atoms. The van der Waals surface area contributed by atoms with Crippen molar-refractivity contribution in [1.82, 2.24) is 14.7 Å². The van der Waals surface area contributed by atoms with Crippen molar-refractivity contribution >= 4 is 40.3 Å². The molecular formula is C28H23N3O2S2. The number of nitrogens with zero attached hydrogens (tertiary/aromatic N) is 3. The van der Waals surface area contributed by atoms with Gasteiger partial charge in [-0.3, -0.25) is 9.69 Å². The Labute approximate surface area is 214 Å². The number of benzene rings is 3. The summed E-state index contributed by atoms with van der Waals surface area (Å²) in [5.41, 5.74) is 5.57. The van der Waals surface area contributed by atoms with Crippen LogP contribution >= 0.6 is 24.0 Å². The van der Waals surface area contributed by atoms with Gasteiger partial charge >= 0.3 is 0 Å². The molecule has 1 aliphatic heterocycles. The van der Waals surface area contributed by atoms with Crippen molar-refractivity contribution in [2.75, 3.05) is 7.11 Å². The fraction of sp³-hybridized carbons (Fsp3) is 0.107. The number of thioether (sulfide) groups is 1. The predicted octanol–water partition coefficient (Wildman–Crippen LogP) is 6.26. The summed E-state index contributed by atoms with van der Waals surface area (Å²) in [6.45, 7) is 2.46. The minimum atomic E-state index is -0.0897.